The van der Waals surface area contributed by atoms with Crippen molar-refractivity contribution in [2.24, 2.45) is 0 Å². The highest BCUT2D eigenvalue weighted by Crippen LogP contribution is 2.39. The van der Waals surface area contributed by atoms with E-state index in [1.807, 2.05) is 12.1 Å². The van der Waals surface area contributed by atoms with Crippen molar-refractivity contribution < 1.29 is 41.4 Å². The number of fused-ring (bicyclic) bond motifs is 3. The fourth-order valence-electron chi connectivity index (χ4n) is 4.87. The molecule has 0 saturated carbocycles. The van der Waals surface area contributed by atoms with Gasteiger partial charge in [0.1, 0.15) is 17.1 Å². The van der Waals surface area contributed by atoms with Crippen LogP contribution in [0.25, 0.3) is 21.7 Å². The summed E-state index contributed by atoms with van der Waals surface area (Å²) >= 11 is 0. The number of hydrogen-bond acceptors (Lipinski definition) is 7. The lowest BCUT2D eigenvalue weighted by atomic mass is 10.1. The van der Waals surface area contributed by atoms with Crippen molar-refractivity contribution in [3.8, 4) is 17.2 Å². The van der Waals surface area contributed by atoms with Gasteiger partial charge in [-0.2, -0.15) is 13.2 Å². The molecule has 1 aliphatic heterocycles. The Hall–Kier alpha value is -5.45. The summed E-state index contributed by atoms with van der Waals surface area (Å²) in [4.78, 5) is 52.3. The minimum Gasteiger partial charge on any atom is -0.449 e. The third-order valence-corrected chi connectivity index (χ3v) is 6.90. The highest BCUT2D eigenvalue weighted by molar-refractivity contribution is 6.22. The van der Waals surface area contributed by atoms with Crippen LogP contribution in [0.1, 0.15) is 50.7 Å². The summed E-state index contributed by atoms with van der Waals surface area (Å²) in [5.41, 5.74) is -1.45. The van der Waals surface area contributed by atoms with Crippen LogP contribution in [0.4, 0.5) is 13.2 Å². The average Bonchev–Trinajstić information content (AvgIpc) is 3.22. The van der Waals surface area contributed by atoms with E-state index >= 15 is 0 Å². The lowest BCUT2D eigenvalue weighted by Gasteiger charge is -2.17. The zero-order valence-corrected chi connectivity index (χ0v) is 22.5. The molecular formula is C32H20F3NO7. The van der Waals surface area contributed by atoms with Gasteiger partial charge in [0, 0.05) is 12.1 Å². The molecular weight excluding hydrogens is 567 g/mol. The molecule has 5 aromatic rings. The second-order valence-electron chi connectivity index (χ2n) is 10.1. The minimum absolute atomic E-state index is 0.00689. The van der Waals surface area contributed by atoms with E-state index in [4.69, 9.17) is 13.9 Å². The number of benzene rings is 4. The van der Waals surface area contributed by atoms with E-state index in [0.29, 0.717) is 5.39 Å². The van der Waals surface area contributed by atoms with Gasteiger partial charge >= 0.3 is 12.1 Å². The number of nitrogens with zero attached hydrogens (tertiary/aromatic N) is 1. The normalized spacial score (nSPS) is 13.2. The number of carbonyl (C=O) groups is 3. The van der Waals surface area contributed by atoms with E-state index in [1.54, 1.807) is 32.0 Å². The van der Waals surface area contributed by atoms with Crippen LogP contribution in [0.15, 0.2) is 88.1 Å². The van der Waals surface area contributed by atoms with Crippen LogP contribution < -0.4 is 14.9 Å². The summed E-state index contributed by atoms with van der Waals surface area (Å²) in [6.45, 7) is 3.36. The molecule has 0 bridgehead atoms. The van der Waals surface area contributed by atoms with E-state index in [2.05, 4.69) is 0 Å². The molecule has 216 valence electrons. The SMILES string of the molecule is CC(C)N1C(=O)c2ccc(C(=O)Oc3ccc4c(=O)c(Oc5ccc6ccccc6c5)c(C(F)(F)F)oc4c3)cc2C1=O. The van der Waals surface area contributed by atoms with Gasteiger partial charge in [-0.3, -0.25) is 19.3 Å². The number of alkyl halides is 3. The Bertz CT molecular complexity index is 2050. The summed E-state index contributed by atoms with van der Waals surface area (Å²) in [6, 6.07) is 18.5. The number of imide groups is 1. The van der Waals surface area contributed by atoms with Crippen LogP contribution in [0.2, 0.25) is 0 Å². The van der Waals surface area contributed by atoms with Crippen LogP contribution in [0.5, 0.6) is 17.2 Å². The largest absolute Gasteiger partial charge is 0.453 e. The smallest absolute Gasteiger partial charge is 0.449 e. The van der Waals surface area contributed by atoms with Gasteiger partial charge in [-0.15, -0.1) is 0 Å². The van der Waals surface area contributed by atoms with Gasteiger partial charge in [0.25, 0.3) is 17.6 Å². The number of rotatable bonds is 5. The fraction of sp³-hybridized carbons (Fsp3) is 0.125. The van der Waals surface area contributed by atoms with Crippen LogP contribution in [0, 0.1) is 0 Å². The second-order valence-corrected chi connectivity index (χ2v) is 10.1. The monoisotopic (exact) mass is 587 g/mol. The Morgan fingerprint density at radius 1 is 0.814 bits per heavy atom. The number of hydrogen-bond donors (Lipinski definition) is 0. The zero-order chi connectivity index (χ0) is 30.6. The molecule has 11 heteroatoms. The molecule has 0 spiro atoms. The van der Waals surface area contributed by atoms with Gasteiger partial charge in [-0.1, -0.05) is 30.3 Å². The van der Waals surface area contributed by atoms with E-state index in [0.717, 1.165) is 22.4 Å². The minimum atomic E-state index is -5.09. The van der Waals surface area contributed by atoms with E-state index in [9.17, 15) is 32.3 Å². The Balaban J connectivity index is 1.33. The van der Waals surface area contributed by atoms with Crippen molar-refractivity contribution in [2.45, 2.75) is 26.1 Å². The van der Waals surface area contributed by atoms with Crippen molar-refractivity contribution in [1.82, 2.24) is 4.90 Å². The first-order valence-corrected chi connectivity index (χ1v) is 13.0. The maximum absolute atomic E-state index is 14.0. The van der Waals surface area contributed by atoms with Crippen molar-refractivity contribution in [2.75, 3.05) is 0 Å². The van der Waals surface area contributed by atoms with Gasteiger partial charge in [-0.25, -0.2) is 4.79 Å². The number of carbonyl (C=O) groups excluding carboxylic acids is 3. The zero-order valence-electron chi connectivity index (χ0n) is 22.5. The molecule has 0 aliphatic carbocycles. The predicted octanol–water partition coefficient (Wildman–Crippen LogP) is 6.98. The van der Waals surface area contributed by atoms with Crippen molar-refractivity contribution >= 4 is 39.5 Å². The third-order valence-electron chi connectivity index (χ3n) is 6.90. The summed E-state index contributed by atoms with van der Waals surface area (Å²) in [5, 5.41) is 1.29. The van der Waals surface area contributed by atoms with E-state index in [1.165, 1.54) is 36.4 Å². The molecule has 8 nitrogen and oxygen atoms in total. The maximum atomic E-state index is 14.0. The molecule has 6 rings (SSSR count). The van der Waals surface area contributed by atoms with E-state index in [-0.39, 0.29) is 33.6 Å². The molecule has 0 atom stereocenters. The molecule has 0 fully saturated rings. The van der Waals surface area contributed by atoms with Crippen LogP contribution in [-0.4, -0.2) is 28.7 Å². The Kier molecular flexibility index (Phi) is 6.52. The molecule has 2 heterocycles. The summed E-state index contributed by atoms with van der Waals surface area (Å²) in [6.07, 6.45) is -5.09. The molecule has 2 amide bonds. The molecule has 1 aliphatic rings. The molecule has 0 N–H and O–H groups in total. The first-order chi connectivity index (χ1) is 20.4. The average molecular weight is 588 g/mol. The molecule has 0 unspecified atom stereocenters. The molecule has 4 aromatic carbocycles. The van der Waals surface area contributed by atoms with E-state index < -0.39 is 52.5 Å². The Labute approximate surface area is 240 Å². The number of esters is 1. The second kappa shape index (κ2) is 10.1. The Morgan fingerprint density at radius 2 is 1.51 bits per heavy atom. The number of ether oxygens (including phenoxy) is 2. The maximum Gasteiger partial charge on any atom is 0.453 e. The van der Waals surface area contributed by atoms with Crippen molar-refractivity contribution in [3.63, 3.8) is 0 Å². The van der Waals surface area contributed by atoms with Crippen LogP contribution in [-0.2, 0) is 6.18 Å². The van der Waals surface area contributed by atoms with Crippen molar-refractivity contribution in [1.29, 1.82) is 0 Å². The number of halogens is 3. The fourth-order valence-corrected chi connectivity index (χ4v) is 4.87. The third kappa shape index (κ3) is 4.88. The summed E-state index contributed by atoms with van der Waals surface area (Å²) < 4.78 is 58.0. The predicted molar refractivity (Wildman–Crippen MR) is 149 cm³/mol. The standard InChI is InChI=1S/C32H20F3NO7/c1-16(2)36-29(38)22-11-8-19(14-24(22)30(36)39)31(40)42-21-10-12-23-25(15-21)43-28(32(33,34)35)27(26(23)37)41-20-9-7-17-5-3-4-6-18(17)13-20/h3-16H,1-2H3. The van der Waals surface area contributed by atoms with Crippen LogP contribution >= 0.6 is 0 Å². The highest BCUT2D eigenvalue weighted by Gasteiger charge is 2.41. The van der Waals surface area contributed by atoms with Crippen molar-refractivity contribution in [3.05, 3.63) is 112 Å². The van der Waals surface area contributed by atoms with Gasteiger partial charge < -0.3 is 13.9 Å². The highest BCUT2D eigenvalue weighted by atomic mass is 19.4. The van der Waals surface area contributed by atoms with Gasteiger partial charge in [0.2, 0.25) is 11.2 Å². The van der Waals surface area contributed by atoms with Gasteiger partial charge in [-0.05, 0) is 67.1 Å². The van der Waals surface area contributed by atoms with Gasteiger partial charge in [0.05, 0.1) is 22.1 Å². The van der Waals surface area contributed by atoms with Crippen LogP contribution in [0.3, 0.4) is 0 Å². The topological polar surface area (TPSA) is 103 Å². The molecule has 0 radical (unpaired) electrons. The lowest BCUT2D eigenvalue weighted by Crippen LogP contribution is -2.35. The molecule has 0 saturated heterocycles. The molecule has 43 heavy (non-hydrogen) atoms. The lowest BCUT2D eigenvalue weighted by molar-refractivity contribution is -0.154. The van der Waals surface area contributed by atoms with Gasteiger partial charge in [0.15, 0.2) is 0 Å². The quantitative estimate of drug-likeness (QED) is 0.124. The number of amides is 2. The summed E-state index contributed by atoms with van der Waals surface area (Å²) in [7, 11) is 0. The Morgan fingerprint density at radius 3 is 2.23 bits per heavy atom. The first kappa shape index (κ1) is 27.7. The molecule has 1 aromatic heterocycles. The first-order valence-electron chi connectivity index (χ1n) is 13.0. The summed E-state index contributed by atoms with van der Waals surface area (Å²) in [5.74, 6) is -4.88.